The highest BCUT2D eigenvalue weighted by molar-refractivity contribution is 7.98. The Kier molecular flexibility index (Phi) is 6.10. The summed E-state index contributed by atoms with van der Waals surface area (Å²) in [4.78, 5) is 24.2. The van der Waals surface area contributed by atoms with Crippen molar-refractivity contribution in [3.8, 4) is 0 Å². The fraction of sp³-hybridized carbons (Fsp3) is 0.111. The van der Waals surface area contributed by atoms with E-state index in [2.05, 4.69) is 21.0 Å². The Morgan fingerprint density at radius 1 is 1.07 bits per heavy atom. The van der Waals surface area contributed by atoms with Gasteiger partial charge >= 0.3 is 0 Å². The van der Waals surface area contributed by atoms with Gasteiger partial charge in [-0.05, 0) is 29.8 Å². The molecule has 0 fully saturated rings. The van der Waals surface area contributed by atoms with Crippen molar-refractivity contribution in [1.82, 2.24) is 25.6 Å². The van der Waals surface area contributed by atoms with Gasteiger partial charge in [0, 0.05) is 18.4 Å². The minimum atomic E-state index is -0.481. The lowest BCUT2D eigenvalue weighted by molar-refractivity contribution is 0.0846. The van der Waals surface area contributed by atoms with Gasteiger partial charge in [-0.15, -0.1) is 10.2 Å². The van der Waals surface area contributed by atoms with Crippen LogP contribution in [-0.4, -0.2) is 26.6 Å². The Hall–Kier alpha value is -2.84. The number of amides is 2. The Balaban J connectivity index is 1.53. The smallest absolute Gasteiger partial charge is 0.271 e. The lowest BCUT2D eigenvalue weighted by Crippen LogP contribution is -2.41. The average molecular weight is 402 g/mol. The zero-order chi connectivity index (χ0) is 19.2. The maximum Gasteiger partial charge on any atom is 0.271 e. The first-order chi connectivity index (χ1) is 13.0. The van der Waals surface area contributed by atoms with Gasteiger partial charge < -0.3 is 4.57 Å². The quantitative estimate of drug-likeness (QED) is 0.507. The van der Waals surface area contributed by atoms with Gasteiger partial charge in [0.15, 0.2) is 5.16 Å². The van der Waals surface area contributed by atoms with E-state index in [9.17, 15) is 9.59 Å². The van der Waals surface area contributed by atoms with Crippen molar-refractivity contribution < 1.29 is 9.59 Å². The third-order valence-corrected chi connectivity index (χ3v) is 5.10. The molecule has 0 radical (unpaired) electrons. The van der Waals surface area contributed by atoms with E-state index in [1.165, 1.54) is 0 Å². The highest BCUT2D eigenvalue weighted by atomic mass is 35.5. The van der Waals surface area contributed by atoms with Crippen molar-refractivity contribution in [1.29, 1.82) is 0 Å². The Morgan fingerprint density at radius 3 is 2.44 bits per heavy atom. The summed E-state index contributed by atoms with van der Waals surface area (Å²) >= 11 is 7.51. The molecule has 2 aromatic carbocycles. The summed E-state index contributed by atoms with van der Waals surface area (Å²) in [6.07, 6.45) is 1.65. The second-order valence-electron chi connectivity index (χ2n) is 5.60. The Morgan fingerprint density at radius 2 is 1.78 bits per heavy atom. The summed E-state index contributed by atoms with van der Waals surface area (Å²) in [5.41, 5.74) is 6.50. The normalized spacial score (nSPS) is 10.4. The molecule has 0 unspecified atom stereocenters. The van der Waals surface area contributed by atoms with Gasteiger partial charge in [0.05, 0.1) is 10.6 Å². The molecule has 9 heteroatoms. The van der Waals surface area contributed by atoms with Crippen LogP contribution in [-0.2, 0) is 12.8 Å². The second kappa shape index (κ2) is 8.70. The first-order valence-electron chi connectivity index (χ1n) is 7.95. The predicted molar refractivity (Wildman–Crippen MR) is 103 cm³/mol. The van der Waals surface area contributed by atoms with Crippen LogP contribution in [0.15, 0.2) is 60.0 Å². The maximum absolute atomic E-state index is 12.2. The van der Waals surface area contributed by atoms with E-state index >= 15 is 0 Å². The summed E-state index contributed by atoms with van der Waals surface area (Å²) in [7, 11) is 1.88. The maximum atomic E-state index is 12.2. The first-order valence-corrected chi connectivity index (χ1v) is 9.32. The summed E-state index contributed by atoms with van der Waals surface area (Å²) < 4.78 is 1.84. The van der Waals surface area contributed by atoms with Crippen LogP contribution >= 0.6 is 23.4 Å². The van der Waals surface area contributed by atoms with Crippen LogP contribution in [0.4, 0.5) is 0 Å². The number of nitrogens with zero attached hydrogens (tertiary/aromatic N) is 3. The van der Waals surface area contributed by atoms with E-state index in [1.807, 2.05) is 23.7 Å². The highest BCUT2D eigenvalue weighted by Gasteiger charge is 2.11. The zero-order valence-corrected chi connectivity index (χ0v) is 15.9. The van der Waals surface area contributed by atoms with Crippen LogP contribution in [0, 0.1) is 0 Å². The minimum Gasteiger partial charge on any atom is -0.312 e. The fourth-order valence-corrected chi connectivity index (χ4v) is 3.27. The summed E-state index contributed by atoms with van der Waals surface area (Å²) in [5, 5.41) is 8.97. The molecular weight excluding hydrogens is 386 g/mol. The predicted octanol–water partition coefficient (Wildman–Crippen LogP) is 2.84. The van der Waals surface area contributed by atoms with E-state index in [4.69, 9.17) is 11.6 Å². The zero-order valence-electron chi connectivity index (χ0n) is 14.3. The topological polar surface area (TPSA) is 88.9 Å². The molecule has 138 valence electrons. The fourth-order valence-electron chi connectivity index (χ4n) is 2.20. The molecule has 7 nitrogen and oxygen atoms in total. The number of hydrogen-bond donors (Lipinski definition) is 2. The monoisotopic (exact) mass is 401 g/mol. The van der Waals surface area contributed by atoms with Crippen molar-refractivity contribution in [2.75, 3.05) is 0 Å². The molecule has 0 spiro atoms. The van der Waals surface area contributed by atoms with Gasteiger partial charge in [-0.2, -0.15) is 0 Å². The molecule has 0 saturated heterocycles. The Labute approximate surface area is 165 Å². The number of aromatic nitrogens is 3. The highest BCUT2D eigenvalue weighted by Crippen LogP contribution is 2.20. The number of hydrogen-bond acceptors (Lipinski definition) is 5. The summed E-state index contributed by atoms with van der Waals surface area (Å²) in [5.74, 6) is -0.189. The van der Waals surface area contributed by atoms with Crippen molar-refractivity contribution in [2.24, 2.45) is 7.05 Å². The first kappa shape index (κ1) is 18.9. The van der Waals surface area contributed by atoms with E-state index in [-0.39, 0.29) is 5.56 Å². The van der Waals surface area contributed by atoms with E-state index in [1.54, 1.807) is 54.5 Å². The number of benzene rings is 2. The molecule has 0 atom stereocenters. The van der Waals surface area contributed by atoms with E-state index < -0.39 is 11.8 Å². The van der Waals surface area contributed by atoms with Crippen LogP contribution in [0.2, 0.25) is 5.02 Å². The lowest BCUT2D eigenvalue weighted by atomic mass is 10.1. The molecule has 3 rings (SSSR count). The van der Waals surface area contributed by atoms with E-state index in [0.717, 1.165) is 10.7 Å². The van der Waals surface area contributed by atoms with Crippen molar-refractivity contribution in [3.05, 3.63) is 76.6 Å². The van der Waals surface area contributed by atoms with Crippen molar-refractivity contribution >= 4 is 35.2 Å². The molecule has 2 amide bonds. The van der Waals surface area contributed by atoms with Gasteiger partial charge in [0.25, 0.3) is 11.8 Å². The Bertz CT molecular complexity index is 958. The largest absolute Gasteiger partial charge is 0.312 e. The molecule has 1 aromatic heterocycles. The minimum absolute atomic E-state index is 0.288. The third-order valence-electron chi connectivity index (χ3n) is 3.66. The number of aryl methyl sites for hydroxylation is 1. The second-order valence-corrected chi connectivity index (χ2v) is 6.95. The number of carbonyl (C=O) groups excluding carboxylic acids is 2. The molecule has 2 N–H and O–H groups in total. The molecule has 0 aliphatic carbocycles. The van der Waals surface area contributed by atoms with Crippen LogP contribution < -0.4 is 10.9 Å². The number of hydrazine groups is 1. The van der Waals surface area contributed by atoms with Crippen molar-refractivity contribution in [3.63, 3.8) is 0 Å². The molecule has 27 heavy (non-hydrogen) atoms. The molecule has 1 heterocycles. The summed E-state index contributed by atoms with van der Waals surface area (Å²) in [6, 6.07) is 13.7. The average Bonchev–Trinajstić information content (AvgIpc) is 3.10. The summed E-state index contributed by atoms with van der Waals surface area (Å²) in [6.45, 7) is 0. The number of rotatable bonds is 5. The van der Waals surface area contributed by atoms with Gasteiger partial charge in [-0.25, -0.2) is 0 Å². The number of nitrogens with one attached hydrogen (secondary N) is 2. The van der Waals surface area contributed by atoms with Gasteiger partial charge in [0.2, 0.25) is 0 Å². The molecule has 0 saturated carbocycles. The standard InChI is InChI=1S/C18H16ClN5O2S/c1-24-11-20-23-18(24)27-10-12-6-8-13(9-7-12)16(25)21-22-17(26)14-4-2-3-5-15(14)19/h2-9,11H,10H2,1H3,(H,21,25)(H,22,26). The van der Waals surface area contributed by atoms with Gasteiger partial charge in [-0.1, -0.05) is 47.6 Å². The SMILES string of the molecule is Cn1cnnc1SCc1ccc(C(=O)NNC(=O)c2ccccc2Cl)cc1. The van der Waals surface area contributed by atoms with Crippen LogP contribution in [0.25, 0.3) is 0 Å². The molecule has 3 aromatic rings. The van der Waals surface area contributed by atoms with Gasteiger partial charge in [-0.3, -0.25) is 20.4 Å². The number of halogens is 1. The van der Waals surface area contributed by atoms with Crippen LogP contribution in [0.5, 0.6) is 0 Å². The molecule has 0 bridgehead atoms. The lowest BCUT2D eigenvalue weighted by Gasteiger charge is -2.09. The molecular formula is C18H16ClN5O2S. The van der Waals surface area contributed by atoms with E-state index in [0.29, 0.717) is 16.3 Å². The number of carbonyl (C=O) groups is 2. The van der Waals surface area contributed by atoms with Gasteiger partial charge in [0.1, 0.15) is 6.33 Å². The third kappa shape index (κ3) is 4.87. The van der Waals surface area contributed by atoms with Crippen molar-refractivity contribution in [2.45, 2.75) is 10.9 Å². The number of thioether (sulfide) groups is 1. The van der Waals surface area contributed by atoms with Crippen LogP contribution in [0.3, 0.4) is 0 Å². The molecule has 0 aliphatic rings. The van der Waals surface area contributed by atoms with Crippen LogP contribution in [0.1, 0.15) is 26.3 Å². The molecule has 0 aliphatic heterocycles.